The molecule has 0 radical (unpaired) electrons. The molecule has 31 heavy (non-hydrogen) atoms. The Labute approximate surface area is 196 Å². The van der Waals surface area contributed by atoms with E-state index >= 15 is 0 Å². The predicted octanol–water partition coefficient (Wildman–Crippen LogP) is 9.09. The van der Waals surface area contributed by atoms with Crippen molar-refractivity contribution in [2.45, 2.75) is 162 Å². The lowest BCUT2D eigenvalue weighted by Crippen LogP contribution is -2.32. The van der Waals surface area contributed by atoms with Gasteiger partial charge in [-0.1, -0.05) is 129 Å². The van der Waals surface area contributed by atoms with Crippen molar-refractivity contribution < 1.29 is 4.57 Å². The van der Waals surface area contributed by atoms with E-state index in [-0.39, 0.29) is 0 Å². The van der Waals surface area contributed by atoms with Crippen LogP contribution in [0.3, 0.4) is 0 Å². The number of hydrogen-bond acceptors (Lipinski definition) is 0. The Hall–Kier alpha value is -0.790. The van der Waals surface area contributed by atoms with Gasteiger partial charge in [-0.25, -0.2) is 9.13 Å². The molecule has 1 rings (SSSR count). The monoisotopic (exact) mass is 433 g/mol. The Morgan fingerprint density at radius 3 is 1.39 bits per heavy atom. The number of aryl methyl sites for hydroxylation is 2. The molecule has 1 aromatic heterocycles. The fourth-order valence-electron chi connectivity index (χ4n) is 4.80. The Bertz CT molecular complexity index is 491. The average Bonchev–Trinajstić information content (AvgIpc) is 3.12. The molecule has 182 valence electrons. The van der Waals surface area contributed by atoms with Gasteiger partial charge in [-0.05, 0) is 19.3 Å². The van der Waals surface area contributed by atoms with Crippen LogP contribution in [0.15, 0.2) is 12.4 Å². The molecule has 1 aromatic rings. The van der Waals surface area contributed by atoms with Gasteiger partial charge < -0.3 is 0 Å². The number of hydrogen-bond donors (Lipinski definition) is 0. The topological polar surface area (TPSA) is 8.81 Å². The van der Waals surface area contributed by atoms with Crippen molar-refractivity contribution in [1.82, 2.24) is 4.57 Å². The molecule has 0 fully saturated rings. The van der Waals surface area contributed by atoms with E-state index in [0.717, 1.165) is 0 Å². The Morgan fingerprint density at radius 2 is 0.935 bits per heavy atom. The van der Waals surface area contributed by atoms with Crippen molar-refractivity contribution in [2.24, 2.45) is 7.05 Å². The van der Waals surface area contributed by atoms with Crippen molar-refractivity contribution in [3.05, 3.63) is 18.2 Å². The Balaban J connectivity index is 1.88. The molecule has 0 saturated heterocycles. The van der Waals surface area contributed by atoms with E-state index in [4.69, 9.17) is 0 Å². The first-order valence-corrected chi connectivity index (χ1v) is 14.3. The summed E-state index contributed by atoms with van der Waals surface area (Å²) in [6.07, 6.45) is 35.8. The van der Waals surface area contributed by atoms with Gasteiger partial charge >= 0.3 is 0 Å². The normalized spacial score (nSPS) is 11.5. The van der Waals surface area contributed by atoms with Crippen LogP contribution < -0.4 is 4.57 Å². The third-order valence-corrected chi connectivity index (χ3v) is 6.97. The summed E-state index contributed by atoms with van der Waals surface area (Å²) in [5.74, 6) is 1.52. The van der Waals surface area contributed by atoms with Gasteiger partial charge in [-0.15, -0.1) is 0 Å². The largest absolute Gasteiger partial charge is 0.256 e. The van der Waals surface area contributed by atoms with E-state index in [1.165, 1.54) is 154 Å². The summed E-state index contributed by atoms with van der Waals surface area (Å²) in [7, 11) is 2.21. The van der Waals surface area contributed by atoms with Crippen LogP contribution in [0.1, 0.15) is 155 Å². The Morgan fingerprint density at radius 1 is 0.548 bits per heavy atom. The van der Waals surface area contributed by atoms with Crippen LogP contribution in [0.25, 0.3) is 0 Å². The van der Waals surface area contributed by atoms with E-state index in [9.17, 15) is 0 Å². The van der Waals surface area contributed by atoms with Crippen molar-refractivity contribution in [3.8, 4) is 0 Å². The molecule has 0 N–H and O–H groups in total. The smallest absolute Gasteiger partial charge is 0.237 e. The van der Waals surface area contributed by atoms with Gasteiger partial charge in [-0.3, -0.25) is 0 Å². The van der Waals surface area contributed by atoms with Gasteiger partial charge in [0.2, 0.25) is 0 Å². The summed E-state index contributed by atoms with van der Waals surface area (Å²) in [5, 5.41) is 0. The molecular formula is C29H57N2+. The molecule has 0 aliphatic carbocycles. The van der Waals surface area contributed by atoms with Gasteiger partial charge in [0, 0.05) is 6.42 Å². The third kappa shape index (κ3) is 15.6. The molecule has 0 unspecified atom stereocenters. The molecule has 0 saturated carbocycles. The number of nitrogens with zero attached hydrogens (tertiary/aromatic N) is 2. The van der Waals surface area contributed by atoms with Gasteiger partial charge in [0.15, 0.2) is 0 Å². The zero-order valence-corrected chi connectivity index (χ0v) is 21.8. The molecule has 0 aliphatic heterocycles. The highest BCUT2D eigenvalue weighted by molar-refractivity contribution is 4.84. The summed E-state index contributed by atoms with van der Waals surface area (Å²) in [5.41, 5.74) is 0. The zero-order valence-electron chi connectivity index (χ0n) is 21.8. The molecule has 0 aromatic carbocycles. The number of imidazole rings is 1. The first kappa shape index (κ1) is 28.2. The Kier molecular flexibility index (Phi) is 19.2. The van der Waals surface area contributed by atoms with E-state index in [2.05, 4.69) is 42.4 Å². The minimum absolute atomic E-state index is 1.21. The molecule has 0 spiro atoms. The standard InChI is InChI=1S/C29H57N2/c1-4-6-8-10-11-12-13-14-15-16-17-18-19-20-21-22-24-26-31-28-27-30(3)29(31)25-23-9-7-5-2/h27-28H,4-26H2,1-3H3/q+1. The SMILES string of the molecule is CCCCCCCCCCCCCCCCCCCn1cc[n+](C)c1CCCCCC. The number of rotatable bonds is 23. The van der Waals surface area contributed by atoms with Crippen LogP contribution in [0.4, 0.5) is 0 Å². The maximum atomic E-state index is 2.51. The number of aromatic nitrogens is 2. The van der Waals surface area contributed by atoms with Gasteiger partial charge in [0.1, 0.15) is 12.4 Å². The van der Waals surface area contributed by atoms with Crippen LogP contribution in [0.5, 0.6) is 0 Å². The van der Waals surface area contributed by atoms with Crippen LogP contribution >= 0.6 is 0 Å². The lowest BCUT2D eigenvalue weighted by atomic mass is 10.0. The minimum Gasteiger partial charge on any atom is -0.237 e. The summed E-state index contributed by atoms with van der Waals surface area (Å²) in [6.45, 7) is 5.81. The molecule has 2 nitrogen and oxygen atoms in total. The highest BCUT2D eigenvalue weighted by atomic mass is 15.1. The van der Waals surface area contributed by atoms with Crippen molar-refractivity contribution >= 4 is 0 Å². The highest BCUT2D eigenvalue weighted by Crippen LogP contribution is 2.14. The summed E-state index contributed by atoms with van der Waals surface area (Å²) in [6, 6.07) is 0. The molecule has 1 heterocycles. The molecule has 0 bridgehead atoms. The van der Waals surface area contributed by atoms with Gasteiger partial charge in [0.05, 0.1) is 13.6 Å². The summed E-state index contributed by atoms with van der Waals surface area (Å²) in [4.78, 5) is 0. The van der Waals surface area contributed by atoms with E-state index < -0.39 is 0 Å². The van der Waals surface area contributed by atoms with Crippen LogP contribution in [0, 0.1) is 0 Å². The number of unbranched alkanes of at least 4 members (excludes halogenated alkanes) is 19. The maximum Gasteiger partial charge on any atom is 0.256 e. The first-order chi connectivity index (χ1) is 15.3. The predicted molar refractivity (Wildman–Crippen MR) is 138 cm³/mol. The fraction of sp³-hybridized carbons (Fsp3) is 0.897. The van der Waals surface area contributed by atoms with Gasteiger partial charge in [0.25, 0.3) is 5.82 Å². The second-order valence-electron chi connectivity index (χ2n) is 9.99. The van der Waals surface area contributed by atoms with Crippen molar-refractivity contribution in [2.75, 3.05) is 0 Å². The quantitative estimate of drug-likeness (QED) is 0.120. The van der Waals surface area contributed by atoms with E-state index in [0.29, 0.717) is 0 Å². The molecular weight excluding hydrogens is 376 g/mol. The second kappa shape index (κ2) is 21.1. The summed E-state index contributed by atoms with van der Waals surface area (Å²) >= 11 is 0. The van der Waals surface area contributed by atoms with Crippen LogP contribution in [0.2, 0.25) is 0 Å². The highest BCUT2D eigenvalue weighted by Gasteiger charge is 2.13. The second-order valence-corrected chi connectivity index (χ2v) is 9.99. The third-order valence-electron chi connectivity index (χ3n) is 6.97. The van der Waals surface area contributed by atoms with E-state index in [1.807, 2.05) is 0 Å². The van der Waals surface area contributed by atoms with Crippen molar-refractivity contribution in [1.29, 1.82) is 0 Å². The lowest BCUT2D eigenvalue weighted by molar-refractivity contribution is -0.678. The van der Waals surface area contributed by atoms with Crippen molar-refractivity contribution in [3.63, 3.8) is 0 Å². The maximum absolute atomic E-state index is 2.51. The molecule has 0 atom stereocenters. The lowest BCUT2D eigenvalue weighted by Gasteiger charge is -2.05. The van der Waals surface area contributed by atoms with Gasteiger partial charge in [-0.2, -0.15) is 0 Å². The first-order valence-electron chi connectivity index (χ1n) is 14.3. The van der Waals surface area contributed by atoms with Crippen LogP contribution in [-0.2, 0) is 20.0 Å². The molecule has 0 amide bonds. The molecule has 2 heteroatoms. The minimum atomic E-state index is 1.21. The summed E-state index contributed by atoms with van der Waals surface area (Å²) < 4.78 is 4.84. The van der Waals surface area contributed by atoms with E-state index in [1.54, 1.807) is 0 Å². The fourth-order valence-corrected chi connectivity index (χ4v) is 4.80. The average molecular weight is 434 g/mol. The molecule has 0 aliphatic rings. The zero-order chi connectivity index (χ0) is 22.4. The van der Waals surface area contributed by atoms with Crippen LogP contribution in [-0.4, -0.2) is 4.57 Å².